The first kappa shape index (κ1) is 14.2. The van der Waals surface area contributed by atoms with Crippen LogP contribution in [0.15, 0.2) is 30.3 Å². The molecule has 96 valence electrons. The molecule has 6 nitrogen and oxygen atoms in total. The van der Waals surface area contributed by atoms with E-state index >= 15 is 0 Å². The average molecular weight is 262 g/mol. The molecule has 1 atom stereocenters. The second kappa shape index (κ2) is 7.42. The molecule has 0 radical (unpaired) electrons. The minimum Gasteiger partial charge on any atom is -0.491 e. The maximum Gasteiger partial charge on any atom is 0.499 e. The molecule has 1 aromatic rings. The molecular formula is C10H15O6P. The highest BCUT2D eigenvalue weighted by atomic mass is 31.2. The Bertz CT molecular complexity index is 355. The highest BCUT2D eigenvalue weighted by Crippen LogP contribution is 2.42. The maximum atomic E-state index is 11.0. The van der Waals surface area contributed by atoms with Crippen LogP contribution in [0.2, 0.25) is 0 Å². The molecule has 0 spiro atoms. The van der Waals surface area contributed by atoms with Crippen molar-refractivity contribution >= 4 is 7.82 Å². The molecule has 0 saturated carbocycles. The van der Waals surface area contributed by atoms with Gasteiger partial charge >= 0.3 is 7.82 Å². The second-order valence-electron chi connectivity index (χ2n) is 2.94. The van der Waals surface area contributed by atoms with E-state index in [2.05, 4.69) is 14.1 Å². The number of ether oxygens (including phenoxy) is 1. The van der Waals surface area contributed by atoms with Crippen molar-refractivity contribution in [2.24, 2.45) is 0 Å². The van der Waals surface area contributed by atoms with Gasteiger partial charge < -0.3 is 9.63 Å². The molecular weight excluding hydrogens is 247 g/mol. The van der Waals surface area contributed by atoms with Crippen molar-refractivity contribution in [2.75, 3.05) is 19.8 Å². The van der Waals surface area contributed by atoms with Gasteiger partial charge in [-0.05, 0) is 19.1 Å². The SMILES string of the molecule is CCOP(=O)(O)OOCCOc1ccccc1. The summed E-state index contributed by atoms with van der Waals surface area (Å²) >= 11 is 0. The number of hydrogen-bond acceptors (Lipinski definition) is 5. The quantitative estimate of drug-likeness (QED) is 0.335. The Morgan fingerprint density at radius 1 is 1.24 bits per heavy atom. The highest BCUT2D eigenvalue weighted by Gasteiger charge is 2.21. The largest absolute Gasteiger partial charge is 0.499 e. The van der Waals surface area contributed by atoms with Crippen molar-refractivity contribution in [3.63, 3.8) is 0 Å². The fraction of sp³-hybridized carbons (Fsp3) is 0.400. The van der Waals surface area contributed by atoms with Gasteiger partial charge in [0.15, 0.2) is 0 Å². The molecule has 0 heterocycles. The summed E-state index contributed by atoms with van der Waals surface area (Å²) < 4.78 is 24.9. The predicted octanol–water partition coefficient (Wildman–Crippen LogP) is 2.15. The lowest BCUT2D eigenvalue weighted by Gasteiger charge is -2.10. The lowest BCUT2D eigenvalue weighted by molar-refractivity contribution is -0.227. The Kier molecular flexibility index (Phi) is 6.18. The fourth-order valence-electron chi connectivity index (χ4n) is 0.999. The van der Waals surface area contributed by atoms with Crippen LogP contribution in [0.25, 0.3) is 0 Å². The molecule has 17 heavy (non-hydrogen) atoms. The van der Waals surface area contributed by atoms with E-state index < -0.39 is 7.82 Å². The Balaban J connectivity index is 2.11. The molecule has 0 fully saturated rings. The second-order valence-corrected chi connectivity index (χ2v) is 4.29. The number of benzene rings is 1. The normalized spacial score (nSPS) is 14.2. The van der Waals surface area contributed by atoms with Crippen LogP contribution < -0.4 is 4.74 Å². The van der Waals surface area contributed by atoms with Crippen LogP contribution in [-0.4, -0.2) is 24.7 Å². The van der Waals surface area contributed by atoms with Crippen molar-refractivity contribution < 1.29 is 28.3 Å². The summed E-state index contributed by atoms with van der Waals surface area (Å²) in [6.45, 7) is 1.87. The first-order valence-corrected chi connectivity index (χ1v) is 6.60. The van der Waals surface area contributed by atoms with Gasteiger partial charge in [-0.25, -0.2) is 9.45 Å². The first-order chi connectivity index (χ1) is 8.14. The molecule has 0 aliphatic rings. The Morgan fingerprint density at radius 2 is 1.94 bits per heavy atom. The van der Waals surface area contributed by atoms with E-state index in [-0.39, 0.29) is 19.8 Å². The van der Waals surface area contributed by atoms with Crippen LogP contribution in [0.4, 0.5) is 0 Å². The highest BCUT2D eigenvalue weighted by molar-refractivity contribution is 7.47. The predicted molar refractivity (Wildman–Crippen MR) is 60.4 cm³/mol. The number of rotatable bonds is 8. The fourth-order valence-corrected chi connectivity index (χ4v) is 1.58. The summed E-state index contributed by atoms with van der Waals surface area (Å²) in [7, 11) is -4.08. The summed E-state index contributed by atoms with van der Waals surface area (Å²) in [6.07, 6.45) is 0. The van der Waals surface area contributed by atoms with Crippen LogP contribution >= 0.6 is 7.82 Å². The van der Waals surface area contributed by atoms with Crippen LogP contribution in [0.3, 0.4) is 0 Å². The summed E-state index contributed by atoms with van der Waals surface area (Å²) in [4.78, 5) is 13.5. The van der Waals surface area contributed by atoms with Crippen molar-refractivity contribution in [2.45, 2.75) is 6.92 Å². The minimum atomic E-state index is -4.08. The van der Waals surface area contributed by atoms with E-state index in [9.17, 15) is 4.57 Å². The summed E-state index contributed by atoms with van der Waals surface area (Å²) in [6, 6.07) is 9.12. The third-order valence-electron chi connectivity index (χ3n) is 1.62. The van der Waals surface area contributed by atoms with Crippen molar-refractivity contribution in [1.29, 1.82) is 0 Å². The molecule has 0 bridgehead atoms. The summed E-state index contributed by atoms with van der Waals surface area (Å²) in [5.74, 6) is 0.688. The molecule has 0 aromatic heterocycles. The molecule has 7 heteroatoms. The summed E-state index contributed by atoms with van der Waals surface area (Å²) in [5.41, 5.74) is 0. The van der Waals surface area contributed by atoms with E-state index in [1.807, 2.05) is 18.2 Å². The van der Waals surface area contributed by atoms with E-state index in [4.69, 9.17) is 9.63 Å². The Labute approximate surface area is 99.6 Å². The molecule has 0 aliphatic heterocycles. The van der Waals surface area contributed by atoms with Crippen LogP contribution in [0, 0.1) is 0 Å². The lowest BCUT2D eigenvalue weighted by atomic mass is 10.3. The van der Waals surface area contributed by atoms with E-state index in [0.29, 0.717) is 5.75 Å². The van der Waals surface area contributed by atoms with E-state index in [1.165, 1.54) is 0 Å². The van der Waals surface area contributed by atoms with Gasteiger partial charge in [0.05, 0.1) is 6.61 Å². The summed E-state index contributed by atoms with van der Waals surface area (Å²) in [5, 5.41) is 0. The van der Waals surface area contributed by atoms with Crippen LogP contribution in [-0.2, 0) is 18.7 Å². The van der Waals surface area contributed by atoms with Crippen molar-refractivity contribution in [3.05, 3.63) is 30.3 Å². The topological polar surface area (TPSA) is 74.2 Å². The van der Waals surface area contributed by atoms with Crippen LogP contribution in [0.1, 0.15) is 6.92 Å². The monoisotopic (exact) mass is 262 g/mol. The van der Waals surface area contributed by atoms with Crippen molar-refractivity contribution in [3.8, 4) is 5.75 Å². The smallest absolute Gasteiger partial charge is 0.491 e. The third-order valence-corrected chi connectivity index (χ3v) is 2.50. The number of hydrogen-bond donors (Lipinski definition) is 1. The molecule has 1 unspecified atom stereocenters. The Hall–Kier alpha value is -0.910. The van der Waals surface area contributed by atoms with Gasteiger partial charge in [-0.3, -0.25) is 4.52 Å². The number of phosphoric acid groups is 1. The minimum absolute atomic E-state index is 0.0204. The standard InChI is InChI=1S/C10H15O6P/c1-2-15-17(11,12)16-14-9-8-13-10-6-4-3-5-7-10/h3-7H,2,8-9H2,1H3,(H,11,12). The number of para-hydroxylation sites is 1. The van der Waals surface area contributed by atoms with Crippen molar-refractivity contribution in [1.82, 2.24) is 0 Å². The number of phosphoric ester groups is 1. The van der Waals surface area contributed by atoms with Gasteiger partial charge in [0, 0.05) is 0 Å². The van der Waals surface area contributed by atoms with Crippen LogP contribution in [0.5, 0.6) is 5.75 Å². The molecule has 0 saturated heterocycles. The van der Waals surface area contributed by atoms with Gasteiger partial charge in [-0.15, -0.1) is 4.67 Å². The van der Waals surface area contributed by atoms with Gasteiger partial charge in [-0.1, -0.05) is 18.2 Å². The Morgan fingerprint density at radius 3 is 2.59 bits per heavy atom. The lowest BCUT2D eigenvalue weighted by Crippen LogP contribution is -2.07. The molecule has 1 N–H and O–H groups in total. The van der Waals surface area contributed by atoms with Gasteiger partial charge in [0.2, 0.25) is 0 Å². The maximum absolute atomic E-state index is 11.0. The molecule has 1 rings (SSSR count). The zero-order valence-electron chi connectivity index (χ0n) is 9.44. The zero-order chi connectivity index (χ0) is 12.6. The van der Waals surface area contributed by atoms with Gasteiger partial charge in [0.1, 0.15) is 19.0 Å². The zero-order valence-corrected chi connectivity index (χ0v) is 10.3. The molecule has 0 aliphatic carbocycles. The third kappa shape index (κ3) is 6.41. The van der Waals surface area contributed by atoms with Gasteiger partial charge in [0.25, 0.3) is 0 Å². The van der Waals surface area contributed by atoms with Gasteiger partial charge in [-0.2, -0.15) is 0 Å². The first-order valence-electron chi connectivity index (χ1n) is 5.10. The van der Waals surface area contributed by atoms with E-state index in [0.717, 1.165) is 0 Å². The van der Waals surface area contributed by atoms with E-state index in [1.54, 1.807) is 19.1 Å². The molecule has 1 aromatic carbocycles. The molecule has 0 amide bonds. The average Bonchev–Trinajstić information content (AvgIpc) is 2.30.